The van der Waals surface area contributed by atoms with Gasteiger partial charge >= 0.3 is 0 Å². The molecule has 0 fully saturated rings. The van der Waals surface area contributed by atoms with E-state index in [4.69, 9.17) is 9.47 Å². The quantitative estimate of drug-likeness (QED) is 0.815. The van der Waals surface area contributed by atoms with Crippen LogP contribution in [0.15, 0.2) is 16.6 Å². The van der Waals surface area contributed by atoms with E-state index in [0.717, 1.165) is 34.5 Å². The first-order chi connectivity index (χ1) is 8.99. The van der Waals surface area contributed by atoms with Crippen LogP contribution in [0.1, 0.15) is 39.7 Å². The van der Waals surface area contributed by atoms with Gasteiger partial charge in [0.25, 0.3) is 0 Å². The molecule has 0 spiro atoms. The summed E-state index contributed by atoms with van der Waals surface area (Å²) in [5.41, 5.74) is 1.10. The summed E-state index contributed by atoms with van der Waals surface area (Å²) in [6, 6.07) is 4.40. The highest BCUT2D eigenvalue weighted by Crippen LogP contribution is 2.36. The molecule has 0 aliphatic heterocycles. The van der Waals surface area contributed by atoms with Gasteiger partial charge in [-0.25, -0.2) is 0 Å². The fourth-order valence-electron chi connectivity index (χ4n) is 1.69. The lowest BCUT2D eigenvalue weighted by atomic mass is 10.1. The number of hydrogen-bond donors (Lipinski definition) is 1. The summed E-state index contributed by atoms with van der Waals surface area (Å²) in [5, 5.41) is 3.49. The van der Waals surface area contributed by atoms with Crippen molar-refractivity contribution >= 4 is 15.9 Å². The van der Waals surface area contributed by atoms with E-state index in [1.165, 1.54) is 0 Å². The molecule has 1 atom stereocenters. The average Bonchev–Trinajstić information content (AvgIpc) is 2.37. The van der Waals surface area contributed by atoms with Crippen molar-refractivity contribution in [2.24, 2.45) is 0 Å². The van der Waals surface area contributed by atoms with Crippen LogP contribution in [0.4, 0.5) is 0 Å². The Bertz CT molecular complexity index is 407. The van der Waals surface area contributed by atoms with Crippen molar-refractivity contribution in [1.82, 2.24) is 5.32 Å². The van der Waals surface area contributed by atoms with Crippen LogP contribution in [-0.4, -0.2) is 19.3 Å². The zero-order chi connectivity index (χ0) is 14.4. The monoisotopic (exact) mass is 329 g/mol. The summed E-state index contributed by atoms with van der Waals surface area (Å²) in [4.78, 5) is 0. The van der Waals surface area contributed by atoms with E-state index in [1.807, 2.05) is 26.0 Å². The standard InChI is InChI=1S/C15H24BrNO2/c1-6-11(4)17-9-12-13(16)7-8-14(18-5)15(12)19-10(2)3/h7-8,10-11,17H,6,9H2,1-5H3. The van der Waals surface area contributed by atoms with Gasteiger partial charge in [-0.2, -0.15) is 0 Å². The Morgan fingerprint density at radius 2 is 1.95 bits per heavy atom. The molecule has 1 unspecified atom stereocenters. The molecule has 0 heterocycles. The van der Waals surface area contributed by atoms with Crippen molar-refractivity contribution in [3.05, 3.63) is 22.2 Å². The van der Waals surface area contributed by atoms with Crippen LogP contribution in [0.5, 0.6) is 11.5 Å². The van der Waals surface area contributed by atoms with E-state index in [0.29, 0.717) is 6.04 Å². The minimum Gasteiger partial charge on any atom is -0.493 e. The van der Waals surface area contributed by atoms with Crippen LogP contribution in [0.2, 0.25) is 0 Å². The Balaban J connectivity index is 3.04. The summed E-state index contributed by atoms with van der Waals surface area (Å²) in [7, 11) is 1.67. The van der Waals surface area contributed by atoms with Gasteiger partial charge in [-0.15, -0.1) is 0 Å². The van der Waals surface area contributed by atoms with Gasteiger partial charge in [-0.1, -0.05) is 22.9 Å². The molecular formula is C15H24BrNO2. The van der Waals surface area contributed by atoms with Crippen molar-refractivity contribution in [2.75, 3.05) is 7.11 Å². The van der Waals surface area contributed by atoms with Gasteiger partial charge in [-0.05, 0) is 39.3 Å². The summed E-state index contributed by atoms with van der Waals surface area (Å²) >= 11 is 3.60. The van der Waals surface area contributed by atoms with E-state index in [9.17, 15) is 0 Å². The van der Waals surface area contributed by atoms with Crippen molar-refractivity contribution in [3.63, 3.8) is 0 Å². The molecule has 0 saturated carbocycles. The second kappa shape index (κ2) is 7.75. The van der Waals surface area contributed by atoms with Crippen molar-refractivity contribution in [2.45, 2.75) is 52.8 Å². The first-order valence-corrected chi connectivity index (χ1v) is 7.54. The lowest BCUT2D eigenvalue weighted by molar-refractivity contribution is 0.226. The van der Waals surface area contributed by atoms with Gasteiger partial charge < -0.3 is 14.8 Å². The summed E-state index contributed by atoms with van der Waals surface area (Å²) in [5.74, 6) is 1.60. The predicted molar refractivity (Wildman–Crippen MR) is 83.1 cm³/mol. The third-order valence-corrected chi connectivity index (χ3v) is 3.72. The lowest BCUT2D eigenvalue weighted by Crippen LogP contribution is -2.25. The van der Waals surface area contributed by atoms with Gasteiger partial charge in [-0.3, -0.25) is 0 Å². The van der Waals surface area contributed by atoms with Crippen molar-refractivity contribution in [1.29, 1.82) is 0 Å². The van der Waals surface area contributed by atoms with Gasteiger partial charge in [0.15, 0.2) is 11.5 Å². The topological polar surface area (TPSA) is 30.5 Å². The Hall–Kier alpha value is -0.740. The molecule has 1 N–H and O–H groups in total. The second-order valence-electron chi connectivity index (χ2n) is 4.91. The van der Waals surface area contributed by atoms with Crippen LogP contribution in [-0.2, 0) is 6.54 Å². The van der Waals surface area contributed by atoms with Gasteiger partial charge in [0, 0.05) is 22.6 Å². The zero-order valence-corrected chi connectivity index (χ0v) is 14.0. The SMILES string of the molecule is CCC(C)NCc1c(Br)ccc(OC)c1OC(C)C. The summed E-state index contributed by atoms with van der Waals surface area (Å²) in [6.45, 7) is 9.15. The number of hydrogen-bond acceptors (Lipinski definition) is 3. The van der Waals surface area contributed by atoms with Crippen molar-refractivity contribution in [3.8, 4) is 11.5 Å². The van der Waals surface area contributed by atoms with Gasteiger partial charge in [0.1, 0.15) is 0 Å². The Morgan fingerprint density at radius 1 is 1.26 bits per heavy atom. The molecule has 0 amide bonds. The smallest absolute Gasteiger partial charge is 0.167 e. The highest BCUT2D eigenvalue weighted by atomic mass is 79.9. The average molecular weight is 330 g/mol. The minimum atomic E-state index is 0.116. The number of nitrogens with one attached hydrogen (secondary N) is 1. The van der Waals surface area contributed by atoms with E-state index >= 15 is 0 Å². The lowest BCUT2D eigenvalue weighted by Gasteiger charge is -2.20. The molecule has 19 heavy (non-hydrogen) atoms. The molecule has 0 radical (unpaired) electrons. The van der Waals surface area contributed by atoms with Crippen LogP contribution in [0.3, 0.4) is 0 Å². The normalized spacial score (nSPS) is 12.6. The third-order valence-electron chi connectivity index (χ3n) is 2.98. The van der Waals surface area contributed by atoms with E-state index in [-0.39, 0.29) is 6.10 Å². The summed E-state index contributed by atoms with van der Waals surface area (Å²) in [6.07, 6.45) is 1.22. The fraction of sp³-hybridized carbons (Fsp3) is 0.600. The zero-order valence-electron chi connectivity index (χ0n) is 12.4. The molecule has 1 aromatic carbocycles. The molecule has 0 saturated heterocycles. The molecule has 0 aromatic heterocycles. The molecule has 1 rings (SSSR count). The number of methoxy groups -OCH3 is 1. The Labute approximate surface area is 124 Å². The van der Waals surface area contributed by atoms with E-state index in [1.54, 1.807) is 7.11 Å². The number of halogens is 1. The third kappa shape index (κ3) is 4.69. The molecule has 0 aliphatic carbocycles. The highest BCUT2D eigenvalue weighted by molar-refractivity contribution is 9.10. The molecule has 1 aromatic rings. The van der Waals surface area contributed by atoms with Gasteiger partial charge in [0.2, 0.25) is 0 Å². The van der Waals surface area contributed by atoms with E-state index < -0.39 is 0 Å². The second-order valence-corrected chi connectivity index (χ2v) is 5.77. The van der Waals surface area contributed by atoms with Crippen molar-refractivity contribution < 1.29 is 9.47 Å². The number of benzene rings is 1. The van der Waals surface area contributed by atoms with Crippen LogP contribution in [0, 0.1) is 0 Å². The molecule has 0 bridgehead atoms. The maximum absolute atomic E-state index is 5.92. The Morgan fingerprint density at radius 3 is 2.47 bits per heavy atom. The maximum atomic E-state index is 5.92. The minimum absolute atomic E-state index is 0.116. The predicted octanol–water partition coefficient (Wildman–Crippen LogP) is 4.13. The first-order valence-electron chi connectivity index (χ1n) is 6.75. The van der Waals surface area contributed by atoms with E-state index in [2.05, 4.69) is 35.1 Å². The highest BCUT2D eigenvalue weighted by Gasteiger charge is 2.16. The molecule has 3 nitrogen and oxygen atoms in total. The Kier molecular flexibility index (Phi) is 6.66. The number of ether oxygens (including phenoxy) is 2. The van der Waals surface area contributed by atoms with Gasteiger partial charge in [0.05, 0.1) is 13.2 Å². The van der Waals surface area contributed by atoms with Crippen LogP contribution >= 0.6 is 15.9 Å². The molecule has 0 aliphatic rings. The fourth-order valence-corrected chi connectivity index (χ4v) is 2.15. The largest absolute Gasteiger partial charge is 0.493 e. The maximum Gasteiger partial charge on any atom is 0.167 e. The molecule has 4 heteroatoms. The first kappa shape index (κ1) is 16.3. The number of rotatable bonds is 7. The van der Waals surface area contributed by atoms with Crippen LogP contribution < -0.4 is 14.8 Å². The van der Waals surface area contributed by atoms with Crippen LogP contribution in [0.25, 0.3) is 0 Å². The molecule has 108 valence electrons. The summed E-state index contributed by atoms with van der Waals surface area (Å²) < 4.78 is 12.4. The molecular weight excluding hydrogens is 306 g/mol.